The van der Waals surface area contributed by atoms with Gasteiger partial charge in [-0.25, -0.2) is 0 Å². The van der Waals surface area contributed by atoms with E-state index in [1.807, 2.05) is 30.3 Å². The Kier molecular flexibility index (Phi) is 3.41. The second kappa shape index (κ2) is 5.26. The molecule has 0 aliphatic heterocycles. The van der Waals surface area contributed by atoms with Crippen LogP contribution in [-0.2, 0) is 0 Å². The number of benzene rings is 2. The van der Waals surface area contributed by atoms with E-state index >= 15 is 0 Å². The topological polar surface area (TPSA) is 69.4 Å². The van der Waals surface area contributed by atoms with Gasteiger partial charge in [-0.3, -0.25) is 14.9 Å². The minimum Gasteiger partial charge on any atom is -0.497 e. The van der Waals surface area contributed by atoms with Gasteiger partial charge in [-0.1, -0.05) is 42.5 Å². The number of nitrogens with zero attached hydrogens (tertiary/aromatic N) is 1. The zero-order chi connectivity index (χ0) is 15.7. The van der Waals surface area contributed by atoms with Crippen LogP contribution < -0.4 is 4.74 Å². The first-order chi connectivity index (χ1) is 10.6. The van der Waals surface area contributed by atoms with Crippen molar-refractivity contribution in [2.45, 2.75) is 17.9 Å². The third kappa shape index (κ3) is 2.15. The lowest BCUT2D eigenvalue weighted by molar-refractivity contribution is -0.521. The first-order valence-corrected chi connectivity index (χ1v) is 6.98. The summed E-state index contributed by atoms with van der Waals surface area (Å²) in [7, 11) is 1.50. The Labute approximate surface area is 127 Å². The number of nitro groups is 1. The molecule has 1 fully saturated rings. The van der Waals surface area contributed by atoms with E-state index in [0.717, 1.165) is 5.56 Å². The predicted molar refractivity (Wildman–Crippen MR) is 80.8 cm³/mol. The van der Waals surface area contributed by atoms with Crippen LogP contribution in [0.25, 0.3) is 0 Å². The van der Waals surface area contributed by atoms with Crippen LogP contribution in [0, 0.1) is 10.1 Å². The molecule has 2 atom stereocenters. The summed E-state index contributed by atoms with van der Waals surface area (Å²) in [5.74, 6) is -0.311. The summed E-state index contributed by atoms with van der Waals surface area (Å²) in [5.41, 5.74) is -0.404. The summed E-state index contributed by atoms with van der Waals surface area (Å²) in [4.78, 5) is 23.9. The van der Waals surface area contributed by atoms with E-state index in [4.69, 9.17) is 4.74 Å². The normalized spacial score (nSPS) is 22.9. The summed E-state index contributed by atoms with van der Waals surface area (Å²) in [6.45, 7) is 0. The van der Waals surface area contributed by atoms with Crippen LogP contribution in [0.15, 0.2) is 54.6 Å². The highest BCUT2D eigenvalue weighted by molar-refractivity contribution is 6.05. The van der Waals surface area contributed by atoms with Gasteiger partial charge in [0.05, 0.1) is 13.0 Å². The van der Waals surface area contributed by atoms with Crippen molar-refractivity contribution >= 4 is 5.78 Å². The van der Waals surface area contributed by atoms with Gasteiger partial charge in [0.15, 0.2) is 0 Å². The molecule has 22 heavy (non-hydrogen) atoms. The average molecular weight is 297 g/mol. The Balaban J connectivity index is 1.96. The largest absolute Gasteiger partial charge is 0.497 e. The highest BCUT2D eigenvalue weighted by atomic mass is 16.6. The molecule has 5 heteroatoms. The monoisotopic (exact) mass is 297 g/mol. The molecule has 1 saturated carbocycles. The zero-order valence-electron chi connectivity index (χ0n) is 12.1. The maximum absolute atomic E-state index is 12.7. The van der Waals surface area contributed by atoms with Crippen molar-refractivity contribution in [2.24, 2.45) is 0 Å². The van der Waals surface area contributed by atoms with Crippen LogP contribution in [0.2, 0.25) is 0 Å². The van der Waals surface area contributed by atoms with Gasteiger partial charge in [0.1, 0.15) is 5.75 Å². The van der Waals surface area contributed by atoms with Gasteiger partial charge in [-0.2, -0.15) is 0 Å². The summed E-state index contributed by atoms with van der Waals surface area (Å²) in [5, 5.41) is 11.6. The molecule has 5 nitrogen and oxygen atoms in total. The summed E-state index contributed by atoms with van der Waals surface area (Å²) in [6.07, 6.45) is 0.236. The standard InChI is InChI=1S/C17H15NO4/c1-22-14-9-5-8-13(10-14)16(19)17(18(20)21)11-15(17)12-6-3-2-4-7-12/h2-10,15H,11H2,1H3/t15-,17-/m0/s1. The molecule has 3 rings (SSSR count). The second-order valence-electron chi connectivity index (χ2n) is 5.41. The number of ether oxygens (including phenoxy) is 1. The van der Waals surface area contributed by atoms with Gasteiger partial charge < -0.3 is 4.74 Å². The van der Waals surface area contributed by atoms with Crippen molar-refractivity contribution < 1.29 is 14.5 Å². The molecule has 0 amide bonds. The van der Waals surface area contributed by atoms with Gasteiger partial charge >= 0.3 is 0 Å². The predicted octanol–water partition coefficient (Wildman–Crippen LogP) is 3.08. The van der Waals surface area contributed by atoms with Crippen LogP contribution in [0.3, 0.4) is 0 Å². The van der Waals surface area contributed by atoms with Crippen LogP contribution in [0.1, 0.15) is 28.3 Å². The first kappa shape index (κ1) is 14.3. The molecule has 0 radical (unpaired) electrons. The Morgan fingerprint density at radius 2 is 1.95 bits per heavy atom. The smallest absolute Gasteiger partial charge is 0.291 e. The van der Waals surface area contributed by atoms with Gasteiger partial charge in [0.2, 0.25) is 5.78 Å². The average Bonchev–Trinajstić information content (AvgIpc) is 3.32. The molecular weight excluding hydrogens is 282 g/mol. The summed E-state index contributed by atoms with van der Waals surface area (Å²) >= 11 is 0. The molecule has 0 unspecified atom stereocenters. The zero-order valence-corrected chi connectivity index (χ0v) is 12.1. The highest BCUT2D eigenvalue weighted by Gasteiger charge is 2.72. The van der Waals surface area contributed by atoms with Crippen molar-refractivity contribution in [3.63, 3.8) is 0 Å². The quantitative estimate of drug-likeness (QED) is 0.483. The molecule has 1 aliphatic carbocycles. The highest BCUT2D eigenvalue weighted by Crippen LogP contribution is 2.55. The van der Waals surface area contributed by atoms with Crippen LogP contribution >= 0.6 is 0 Å². The van der Waals surface area contributed by atoms with Crippen LogP contribution in [0.5, 0.6) is 5.75 Å². The lowest BCUT2D eigenvalue weighted by Gasteiger charge is -2.10. The molecule has 0 bridgehead atoms. The maximum atomic E-state index is 12.7. The van der Waals surface area contributed by atoms with E-state index in [-0.39, 0.29) is 12.3 Å². The minimum atomic E-state index is -1.55. The van der Waals surface area contributed by atoms with Gasteiger partial charge in [-0.05, 0) is 17.7 Å². The third-order valence-corrected chi connectivity index (χ3v) is 4.18. The number of hydrogen-bond acceptors (Lipinski definition) is 4. The van der Waals surface area contributed by atoms with Crippen LogP contribution in [0.4, 0.5) is 0 Å². The number of carbonyl (C=O) groups is 1. The van der Waals surface area contributed by atoms with Crippen molar-refractivity contribution in [3.05, 3.63) is 75.8 Å². The molecule has 0 aromatic heterocycles. The van der Waals surface area contributed by atoms with Crippen LogP contribution in [-0.4, -0.2) is 23.4 Å². The SMILES string of the molecule is COc1cccc(C(=O)[C@]2([N+](=O)[O-])C[C@H]2c2ccccc2)c1. The van der Waals surface area contributed by atoms with Crippen molar-refractivity contribution in [1.82, 2.24) is 0 Å². The Bertz CT molecular complexity index is 728. The molecule has 112 valence electrons. The number of ketones is 1. The molecule has 0 N–H and O–H groups in total. The molecule has 1 aliphatic rings. The lowest BCUT2D eigenvalue weighted by atomic mass is 9.97. The van der Waals surface area contributed by atoms with Gasteiger partial charge in [0.25, 0.3) is 5.54 Å². The van der Waals surface area contributed by atoms with E-state index in [0.29, 0.717) is 11.3 Å². The summed E-state index contributed by atoms with van der Waals surface area (Å²) in [6, 6.07) is 15.7. The second-order valence-corrected chi connectivity index (χ2v) is 5.41. The molecule has 0 spiro atoms. The number of carbonyl (C=O) groups excluding carboxylic acids is 1. The Morgan fingerprint density at radius 3 is 2.59 bits per heavy atom. The molecule has 0 heterocycles. The van der Waals surface area contributed by atoms with Gasteiger partial charge in [0, 0.05) is 16.9 Å². The first-order valence-electron chi connectivity index (χ1n) is 6.98. The number of methoxy groups -OCH3 is 1. The Morgan fingerprint density at radius 1 is 1.23 bits per heavy atom. The molecular formula is C17H15NO4. The fourth-order valence-corrected chi connectivity index (χ4v) is 2.88. The van der Waals surface area contributed by atoms with E-state index < -0.39 is 16.2 Å². The lowest BCUT2D eigenvalue weighted by Crippen LogP contribution is -2.34. The summed E-state index contributed by atoms with van der Waals surface area (Å²) < 4.78 is 5.09. The van der Waals surface area contributed by atoms with E-state index in [1.54, 1.807) is 24.3 Å². The molecule has 0 saturated heterocycles. The van der Waals surface area contributed by atoms with E-state index in [9.17, 15) is 14.9 Å². The number of hydrogen-bond donors (Lipinski definition) is 0. The fraction of sp³-hybridized carbons (Fsp3) is 0.235. The number of rotatable bonds is 5. The van der Waals surface area contributed by atoms with Crippen molar-refractivity contribution in [3.8, 4) is 5.75 Å². The van der Waals surface area contributed by atoms with E-state index in [2.05, 4.69) is 0 Å². The van der Waals surface area contributed by atoms with Crippen molar-refractivity contribution in [2.75, 3.05) is 7.11 Å². The van der Waals surface area contributed by atoms with Crippen molar-refractivity contribution in [1.29, 1.82) is 0 Å². The fourth-order valence-electron chi connectivity index (χ4n) is 2.88. The molecule has 2 aromatic carbocycles. The number of Topliss-reactive ketones (excluding diaryl/α,β-unsaturated/α-hetero) is 1. The third-order valence-electron chi connectivity index (χ3n) is 4.18. The maximum Gasteiger partial charge on any atom is 0.291 e. The molecule has 2 aromatic rings. The van der Waals surface area contributed by atoms with E-state index in [1.165, 1.54) is 7.11 Å². The minimum absolute atomic E-state index is 0.236. The Hall–Kier alpha value is -2.69. The van der Waals surface area contributed by atoms with Gasteiger partial charge in [-0.15, -0.1) is 0 Å².